The summed E-state index contributed by atoms with van der Waals surface area (Å²) in [6, 6.07) is 2.05. The molecule has 1 heterocycles. The van der Waals surface area contributed by atoms with Crippen LogP contribution in [0.2, 0.25) is 0 Å². The number of ether oxygens (including phenoxy) is 1. The third-order valence-corrected chi connectivity index (χ3v) is 2.24. The average molecular weight is 210 g/mol. The molecule has 84 valence electrons. The van der Waals surface area contributed by atoms with Crippen LogP contribution in [0.3, 0.4) is 0 Å². The van der Waals surface area contributed by atoms with Crippen LogP contribution >= 0.6 is 0 Å². The van der Waals surface area contributed by atoms with Gasteiger partial charge in [0.2, 0.25) is 0 Å². The van der Waals surface area contributed by atoms with E-state index in [2.05, 4.69) is 23.7 Å². The normalized spacial score (nSPS) is 11.1. The smallest absolute Gasteiger partial charge is 0.358 e. The molecule has 1 rings (SSSR count). The Kier molecular flexibility index (Phi) is 3.50. The van der Waals surface area contributed by atoms with Crippen LogP contribution in [-0.2, 0) is 4.74 Å². The first-order valence-corrected chi connectivity index (χ1v) is 5.15. The van der Waals surface area contributed by atoms with Crippen LogP contribution in [0.15, 0.2) is 6.07 Å². The van der Waals surface area contributed by atoms with E-state index in [1.807, 2.05) is 18.5 Å². The molecule has 15 heavy (non-hydrogen) atoms. The molecule has 0 aromatic carbocycles. The molecule has 0 bridgehead atoms. The molecule has 0 atom stereocenters. The fourth-order valence-electron chi connectivity index (χ4n) is 1.46. The zero-order valence-corrected chi connectivity index (χ0v) is 9.94. The van der Waals surface area contributed by atoms with E-state index in [-0.39, 0.29) is 12.0 Å². The number of aromatic nitrogens is 2. The highest BCUT2D eigenvalue weighted by molar-refractivity contribution is 5.87. The van der Waals surface area contributed by atoms with E-state index in [4.69, 9.17) is 0 Å². The number of hydrogen-bond acceptors (Lipinski definition) is 3. The first-order chi connectivity index (χ1) is 6.97. The molecule has 0 aliphatic rings. The Balaban J connectivity index is 3.15. The average Bonchev–Trinajstić information content (AvgIpc) is 2.61. The molecule has 0 amide bonds. The van der Waals surface area contributed by atoms with Crippen LogP contribution in [0, 0.1) is 0 Å². The van der Waals surface area contributed by atoms with Gasteiger partial charge in [0.05, 0.1) is 7.11 Å². The minimum Gasteiger partial charge on any atom is -0.464 e. The molecule has 0 N–H and O–H groups in total. The highest BCUT2D eigenvalue weighted by atomic mass is 16.5. The van der Waals surface area contributed by atoms with Gasteiger partial charge in [-0.3, -0.25) is 4.68 Å². The van der Waals surface area contributed by atoms with Crippen molar-refractivity contribution in [2.45, 2.75) is 39.7 Å². The Bertz CT molecular complexity index is 328. The number of nitrogens with zero attached hydrogens (tertiary/aromatic N) is 2. The maximum absolute atomic E-state index is 11.3. The van der Waals surface area contributed by atoms with E-state index < -0.39 is 0 Å². The van der Waals surface area contributed by atoms with Gasteiger partial charge in [-0.1, -0.05) is 13.8 Å². The van der Waals surface area contributed by atoms with Crippen LogP contribution in [-0.4, -0.2) is 22.9 Å². The third kappa shape index (κ3) is 2.37. The minimum atomic E-state index is -0.378. The lowest BCUT2D eigenvalue weighted by atomic mass is 10.1. The summed E-state index contributed by atoms with van der Waals surface area (Å²) < 4.78 is 6.52. The monoisotopic (exact) mass is 210 g/mol. The van der Waals surface area contributed by atoms with E-state index in [0.717, 1.165) is 5.69 Å². The number of methoxy groups -OCH3 is 1. The molecule has 0 aliphatic carbocycles. The van der Waals surface area contributed by atoms with Crippen molar-refractivity contribution in [3.8, 4) is 0 Å². The predicted octanol–water partition coefficient (Wildman–Crippen LogP) is 2.37. The van der Waals surface area contributed by atoms with Crippen molar-refractivity contribution in [3.05, 3.63) is 17.5 Å². The second-order valence-corrected chi connectivity index (χ2v) is 4.14. The van der Waals surface area contributed by atoms with Crippen molar-refractivity contribution in [2.24, 2.45) is 0 Å². The van der Waals surface area contributed by atoms with Gasteiger partial charge in [-0.15, -0.1) is 0 Å². The Hall–Kier alpha value is -1.32. The molecule has 4 heteroatoms. The molecule has 0 fully saturated rings. The van der Waals surface area contributed by atoms with Crippen LogP contribution in [0.4, 0.5) is 0 Å². The SMILES string of the molecule is COC(=O)c1cc(C(C)C)n(C(C)C)n1. The van der Waals surface area contributed by atoms with Gasteiger partial charge < -0.3 is 4.74 Å². The van der Waals surface area contributed by atoms with Crippen molar-refractivity contribution >= 4 is 5.97 Å². The highest BCUT2D eigenvalue weighted by Gasteiger charge is 2.17. The molecule has 4 nitrogen and oxygen atoms in total. The molecule has 0 saturated heterocycles. The van der Waals surface area contributed by atoms with Crippen LogP contribution in [0.25, 0.3) is 0 Å². The van der Waals surface area contributed by atoms with E-state index >= 15 is 0 Å². The van der Waals surface area contributed by atoms with Gasteiger partial charge in [-0.25, -0.2) is 4.79 Å². The lowest BCUT2D eigenvalue weighted by Gasteiger charge is -2.12. The van der Waals surface area contributed by atoms with Gasteiger partial charge in [-0.2, -0.15) is 5.10 Å². The maximum atomic E-state index is 11.3. The number of carbonyl (C=O) groups is 1. The Morgan fingerprint density at radius 1 is 1.40 bits per heavy atom. The van der Waals surface area contributed by atoms with Crippen molar-refractivity contribution in [1.82, 2.24) is 9.78 Å². The van der Waals surface area contributed by atoms with Crippen molar-refractivity contribution in [3.63, 3.8) is 0 Å². The number of hydrogen-bond donors (Lipinski definition) is 0. The first-order valence-electron chi connectivity index (χ1n) is 5.15. The summed E-state index contributed by atoms with van der Waals surface area (Å²) in [4.78, 5) is 11.3. The summed E-state index contributed by atoms with van der Waals surface area (Å²) in [5, 5.41) is 4.24. The fraction of sp³-hybridized carbons (Fsp3) is 0.636. The first kappa shape index (κ1) is 11.8. The summed E-state index contributed by atoms with van der Waals surface area (Å²) in [5.74, 6) is -0.0328. The molecule has 0 spiro atoms. The summed E-state index contributed by atoms with van der Waals surface area (Å²) in [6.07, 6.45) is 0. The largest absolute Gasteiger partial charge is 0.464 e. The lowest BCUT2D eigenvalue weighted by Crippen LogP contribution is -2.09. The van der Waals surface area contributed by atoms with Gasteiger partial charge in [-0.05, 0) is 25.8 Å². The molecule has 1 aromatic heterocycles. The second-order valence-electron chi connectivity index (χ2n) is 4.14. The summed E-state index contributed by atoms with van der Waals surface area (Å²) >= 11 is 0. The zero-order chi connectivity index (χ0) is 11.6. The number of rotatable bonds is 3. The third-order valence-electron chi connectivity index (χ3n) is 2.24. The van der Waals surface area contributed by atoms with Gasteiger partial charge in [0.15, 0.2) is 5.69 Å². The van der Waals surface area contributed by atoms with Crippen LogP contribution in [0.5, 0.6) is 0 Å². The van der Waals surface area contributed by atoms with E-state index in [1.165, 1.54) is 7.11 Å². The summed E-state index contributed by atoms with van der Waals surface area (Å²) in [5.41, 5.74) is 1.44. The molecular formula is C11H18N2O2. The van der Waals surface area contributed by atoms with E-state index in [9.17, 15) is 4.79 Å². The van der Waals surface area contributed by atoms with Gasteiger partial charge >= 0.3 is 5.97 Å². The maximum Gasteiger partial charge on any atom is 0.358 e. The quantitative estimate of drug-likeness (QED) is 0.719. The van der Waals surface area contributed by atoms with Crippen molar-refractivity contribution in [2.75, 3.05) is 7.11 Å². The highest BCUT2D eigenvalue weighted by Crippen LogP contribution is 2.19. The molecule has 1 aromatic rings. The van der Waals surface area contributed by atoms with E-state index in [0.29, 0.717) is 11.6 Å². The molecule has 0 unspecified atom stereocenters. The summed E-state index contributed by atoms with van der Waals surface area (Å²) in [6.45, 7) is 8.24. The molecular weight excluding hydrogens is 192 g/mol. The Morgan fingerprint density at radius 3 is 2.33 bits per heavy atom. The number of carbonyl (C=O) groups excluding carboxylic acids is 1. The lowest BCUT2D eigenvalue weighted by molar-refractivity contribution is 0.0593. The predicted molar refractivity (Wildman–Crippen MR) is 58.0 cm³/mol. The zero-order valence-electron chi connectivity index (χ0n) is 9.94. The topological polar surface area (TPSA) is 44.1 Å². The minimum absolute atomic E-state index is 0.251. The van der Waals surface area contributed by atoms with Gasteiger partial charge in [0.25, 0.3) is 0 Å². The molecule has 0 saturated carbocycles. The summed E-state index contributed by atoms with van der Waals surface area (Å²) in [7, 11) is 1.37. The Labute approximate surface area is 90.2 Å². The standard InChI is InChI=1S/C11H18N2O2/c1-7(2)10-6-9(11(14)15-5)12-13(10)8(3)4/h6-8H,1-5H3. The van der Waals surface area contributed by atoms with Gasteiger partial charge in [0, 0.05) is 11.7 Å². The van der Waals surface area contributed by atoms with Crippen LogP contribution < -0.4 is 0 Å². The molecule has 0 aliphatic heterocycles. The fourth-order valence-corrected chi connectivity index (χ4v) is 1.46. The van der Waals surface area contributed by atoms with E-state index in [1.54, 1.807) is 6.07 Å². The van der Waals surface area contributed by atoms with Gasteiger partial charge in [0.1, 0.15) is 0 Å². The van der Waals surface area contributed by atoms with Crippen molar-refractivity contribution < 1.29 is 9.53 Å². The molecule has 0 radical (unpaired) electrons. The van der Waals surface area contributed by atoms with Crippen molar-refractivity contribution in [1.29, 1.82) is 0 Å². The number of esters is 1. The Morgan fingerprint density at radius 2 is 2.00 bits per heavy atom. The second kappa shape index (κ2) is 4.47. The van der Waals surface area contributed by atoms with Crippen LogP contribution in [0.1, 0.15) is 55.8 Å².